The van der Waals surface area contributed by atoms with E-state index in [-0.39, 0.29) is 6.54 Å². The number of carboxylic acid groups (broad SMARTS) is 1. The first-order valence-corrected chi connectivity index (χ1v) is 6.22. The van der Waals surface area contributed by atoms with Crippen LogP contribution in [-0.2, 0) is 11.3 Å². The molecular weight excluding hydrogens is 226 g/mol. The quantitative estimate of drug-likeness (QED) is 0.899. The van der Waals surface area contributed by atoms with Crippen molar-refractivity contribution in [2.75, 3.05) is 0 Å². The van der Waals surface area contributed by atoms with Crippen LogP contribution in [-0.4, -0.2) is 15.6 Å². The number of hydrogen-bond acceptors (Lipinski definition) is 1. The van der Waals surface area contributed by atoms with Crippen molar-refractivity contribution in [3.8, 4) is 0 Å². The first kappa shape index (κ1) is 12.7. The minimum absolute atomic E-state index is 0.0196. The fourth-order valence-corrected chi connectivity index (χ4v) is 2.31. The summed E-state index contributed by atoms with van der Waals surface area (Å²) in [6.45, 7) is 8.44. The number of carboxylic acids is 1. The standard InChI is InChI=1S/C15H19NO2/c1-9(2)13-7-16(8-15(17)18)14-6-11(4)10(3)5-12(13)14/h5-7,9H,8H2,1-4H3,(H,17,18). The van der Waals surface area contributed by atoms with Crippen molar-refractivity contribution in [3.05, 3.63) is 35.0 Å². The van der Waals surface area contributed by atoms with Crippen molar-refractivity contribution in [3.63, 3.8) is 0 Å². The Balaban J connectivity index is 2.72. The van der Waals surface area contributed by atoms with Gasteiger partial charge in [-0.05, 0) is 48.6 Å². The summed E-state index contributed by atoms with van der Waals surface area (Å²) in [4.78, 5) is 10.9. The smallest absolute Gasteiger partial charge is 0.323 e. The SMILES string of the molecule is Cc1cc2c(C(C)C)cn(CC(=O)O)c2cc1C. The molecule has 3 heteroatoms. The predicted molar refractivity (Wildman–Crippen MR) is 73.1 cm³/mol. The van der Waals surface area contributed by atoms with Gasteiger partial charge in [0.25, 0.3) is 0 Å². The molecule has 1 heterocycles. The van der Waals surface area contributed by atoms with Gasteiger partial charge in [0.05, 0.1) is 0 Å². The summed E-state index contributed by atoms with van der Waals surface area (Å²) in [6, 6.07) is 4.25. The number of aryl methyl sites for hydroxylation is 2. The van der Waals surface area contributed by atoms with Gasteiger partial charge in [-0.3, -0.25) is 4.79 Å². The van der Waals surface area contributed by atoms with Crippen LogP contribution in [0.2, 0.25) is 0 Å². The van der Waals surface area contributed by atoms with Crippen molar-refractivity contribution in [2.45, 2.75) is 40.2 Å². The number of aliphatic carboxylic acids is 1. The minimum atomic E-state index is -0.805. The molecule has 1 aromatic heterocycles. The molecule has 3 nitrogen and oxygen atoms in total. The highest BCUT2D eigenvalue weighted by Gasteiger charge is 2.13. The van der Waals surface area contributed by atoms with Gasteiger partial charge < -0.3 is 9.67 Å². The maximum Gasteiger partial charge on any atom is 0.323 e. The van der Waals surface area contributed by atoms with Crippen molar-refractivity contribution >= 4 is 16.9 Å². The van der Waals surface area contributed by atoms with Gasteiger partial charge in [0.2, 0.25) is 0 Å². The van der Waals surface area contributed by atoms with E-state index in [9.17, 15) is 4.79 Å². The van der Waals surface area contributed by atoms with Crippen molar-refractivity contribution in [1.82, 2.24) is 4.57 Å². The molecule has 0 atom stereocenters. The topological polar surface area (TPSA) is 42.2 Å². The third kappa shape index (κ3) is 2.13. The molecule has 2 aromatic rings. The van der Waals surface area contributed by atoms with Gasteiger partial charge in [0.15, 0.2) is 0 Å². The Morgan fingerprint density at radius 1 is 1.28 bits per heavy atom. The van der Waals surface area contributed by atoms with Crippen LogP contribution in [0, 0.1) is 13.8 Å². The van der Waals surface area contributed by atoms with Crippen LogP contribution in [0.4, 0.5) is 0 Å². The normalized spacial score (nSPS) is 11.4. The van der Waals surface area contributed by atoms with Crippen LogP contribution in [0.25, 0.3) is 10.9 Å². The molecule has 0 aliphatic heterocycles. The number of aromatic nitrogens is 1. The van der Waals surface area contributed by atoms with Crippen LogP contribution in [0.1, 0.15) is 36.5 Å². The maximum absolute atomic E-state index is 10.9. The Morgan fingerprint density at radius 2 is 1.89 bits per heavy atom. The molecule has 0 spiro atoms. The van der Waals surface area contributed by atoms with E-state index in [0.29, 0.717) is 5.92 Å². The van der Waals surface area contributed by atoms with Gasteiger partial charge in [-0.2, -0.15) is 0 Å². The lowest BCUT2D eigenvalue weighted by molar-refractivity contribution is -0.137. The van der Waals surface area contributed by atoms with Gasteiger partial charge in [-0.15, -0.1) is 0 Å². The second-order valence-corrected chi connectivity index (χ2v) is 5.21. The molecule has 18 heavy (non-hydrogen) atoms. The van der Waals surface area contributed by atoms with Crippen molar-refractivity contribution in [1.29, 1.82) is 0 Å². The fraction of sp³-hybridized carbons (Fsp3) is 0.400. The van der Waals surface area contributed by atoms with Crippen LogP contribution in [0.15, 0.2) is 18.3 Å². The zero-order chi connectivity index (χ0) is 13.4. The molecule has 2 rings (SSSR count). The summed E-state index contributed by atoms with van der Waals surface area (Å²) < 4.78 is 1.83. The van der Waals surface area contributed by atoms with E-state index in [0.717, 1.165) is 5.52 Å². The zero-order valence-corrected chi connectivity index (χ0v) is 11.3. The third-order valence-corrected chi connectivity index (χ3v) is 3.45. The van der Waals surface area contributed by atoms with Crippen LogP contribution in [0.5, 0.6) is 0 Å². The molecule has 0 fully saturated rings. The molecule has 96 valence electrons. The summed E-state index contributed by atoms with van der Waals surface area (Å²) in [5.41, 5.74) is 4.68. The average molecular weight is 245 g/mol. The number of fused-ring (bicyclic) bond motifs is 1. The lowest BCUT2D eigenvalue weighted by Gasteiger charge is -2.05. The third-order valence-electron chi connectivity index (χ3n) is 3.45. The first-order chi connectivity index (χ1) is 8.40. The largest absolute Gasteiger partial charge is 0.480 e. The summed E-state index contributed by atoms with van der Waals surface area (Å²) in [6.07, 6.45) is 1.97. The Kier molecular flexibility index (Phi) is 3.16. The molecule has 0 aliphatic rings. The molecule has 0 aliphatic carbocycles. The summed E-state index contributed by atoms with van der Waals surface area (Å²) in [5, 5.41) is 10.2. The summed E-state index contributed by atoms with van der Waals surface area (Å²) in [5.74, 6) is -0.412. The highest BCUT2D eigenvalue weighted by Crippen LogP contribution is 2.29. The van der Waals surface area contributed by atoms with E-state index < -0.39 is 5.97 Å². The molecule has 0 saturated heterocycles. The second-order valence-electron chi connectivity index (χ2n) is 5.21. The molecule has 0 radical (unpaired) electrons. The molecular formula is C15H19NO2. The number of benzene rings is 1. The molecule has 0 unspecified atom stereocenters. The van der Waals surface area contributed by atoms with Gasteiger partial charge in [0.1, 0.15) is 6.54 Å². The molecule has 0 bridgehead atoms. The number of nitrogens with zero attached hydrogens (tertiary/aromatic N) is 1. The Labute approximate surface area is 107 Å². The highest BCUT2D eigenvalue weighted by molar-refractivity contribution is 5.87. The lowest BCUT2D eigenvalue weighted by Crippen LogP contribution is -2.07. The minimum Gasteiger partial charge on any atom is -0.480 e. The number of hydrogen-bond donors (Lipinski definition) is 1. The van der Waals surface area contributed by atoms with Gasteiger partial charge in [-0.25, -0.2) is 0 Å². The Hall–Kier alpha value is -1.77. The fourth-order valence-electron chi connectivity index (χ4n) is 2.31. The average Bonchev–Trinajstić information content (AvgIpc) is 2.57. The van der Waals surface area contributed by atoms with Gasteiger partial charge in [0, 0.05) is 17.1 Å². The second kappa shape index (κ2) is 4.48. The van der Waals surface area contributed by atoms with Crippen molar-refractivity contribution < 1.29 is 9.90 Å². The molecule has 1 N–H and O–H groups in total. The van der Waals surface area contributed by atoms with E-state index in [1.54, 1.807) is 0 Å². The van der Waals surface area contributed by atoms with E-state index >= 15 is 0 Å². The van der Waals surface area contributed by atoms with Crippen LogP contribution >= 0.6 is 0 Å². The lowest BCUT2D eigenvalue weighted by atomic mass is 9.99. The monoisotopic (exact) mass is 245 g/mol. The first-order valence-electron chi connectivity index (χ1n) is 6.22. The molecule has 1 aromatic carbocycles. The number of rotatable bonds is 3. The van der Waals surface area contributed by atoms with Crippen LogP contribution < -0.4 is 0 Å². The van der Waals surface area contributed by atoms with Gasteiger partial charge in [-0.1, -0.05) is 13.8 Å². The van der Waals surface area contributed by atoms with E-state index in [2.05, 4.69) is 39.8 Å². The molecule has 0 amide bonds. The van der Waals surface area contributed by atoms with Gasteiger partial charge >= 0.3 is 5.97 Å². The summed E-state index contributed by atoms with van der Waals surface area (Å²) >= 11 is 0. The van der Waals surface area contributed by atoms with Crippen molar-refractivity contribution in [2.24, 2.45) is 0 Å². The van der Waals surface area contributed by atoms with Crippen LogP contribution in [0.3, 0.4) is 0 Å². The number of carbonyl (C=O) groups is 1. The van der Waals surface area contributed by atoms with E-state index in [4.69, 9.17) is 5.11 Å². The molecule has 0 saturated carbocycles. The highest BCUT2D eigenvalue weighted by atomic mass is 16.4. The predicted octanol–water partition coefficient (Wildman–Crippen LogP) is 3.47. The van der Waals surface area contributed by atoms with E-state index in [1.165, 1.54) is 22.1 Å². The zero-order valence-electron chi connectivity index (χ0n) is 11.3. The van der Waals surface area contributed by atoms with E-state index in [1.807, 2.05) is 10.8 Å². The Bertz CT molecular complexity index is 608. The Morgan fingerprint density at radius 3 is 2.44 bits per heavy atom. The maximum atomic E-state index is 10.9. The summed E-state index contributed by atoms with van der Waals surface area (Å²) in [7, 11) is 0.